The summed E-state index contributed by atoms with van der Waals surface area (Å²) in [5, 5.41) is 19.3. The largest absolute Gasteiger partial charge is 0.393 e. The standard InChI is InChI=1S/C18H23FN2O/c19-16-8-7-13(11-20)10-14(16)12-21-9-3-5-17(21)15-4-1-2-6-18(15)22/h7-8,10,15,17-18,22H,1-6,9,12H2/t15-,17+,18-/m0/s1. The maximum absolute atomic E-state index is 14.0. The predicted molar refractivity (Wildman–Crippen MR) is 82.5 cm³/mol. The first-order valence-corrected chi connectivity index (χ1v) is 8.29. The van der Waals surface area contributed by atoms with E-state index in [1.807, 2.05) is 0 Å². The molecule has 3 rings (SSSR count). The Bertz CT molecular complexity index is 569. The first-order valence-electron chi connectivity index (χ1n) is 8.29. The maximum Gasteiger partial charge on any atom is 0.127 e. The molecule has 3 nitrogen and oxygen atoms in total. The molecular formula is C18H23FN2O. The monoisotopic (exact) mass is 302 g/mol. The fourth-order valence-corrected chi connectivity index (χ4v) is 4.11. The van der Waals surface area contributed by atoms with Crippen LogP contribution in [0.4, 0.5) is 4.39 Å². The molecule has 1 aromatic carbocycles. The molecule has 1 saturated heterocycles. The molecule has 1 aliphatic heterocycles. The number of aliphatic hydroxyl groups is 1. The second-order valence-corrected chi connectivity index (χ2v) is 6.61. The van der Waals surface area contributed by atoms with Gasteiger partial charge in [-0.25, -0.2) is 4.39 Å². The zero-order valence-electron chi connectivity index (χ0n) is 12.8. The summed E-state index contributed by atoms with van der Waals surface area (Å²) in [7, 11) is 0. The Balaban J connectivity index is 1.75. The Morgan fingerprint density at radius 1 is 1.23 bits per heavy atom. The lowest BCUT2D eigenvalue weighted by atomic mass is 9.80. The third-order valence-electron chi connectivity index (χ3n) is 5.24. The summed E-state index contributed by atoms with van der Waals surface area (Å²) in [4.78, 5) is 2.30. The molecule has 1 N–H and O–H groups in total. The minimum atomic E-state index is -0.242. The Kier molecular flexibility index (Phi) is 4.75. The van der Waals surface area contributed by atoms with Gasteiger partial charge in [0.15, 0.2) is 0 Å². The van der Waals surface area contributed by atoms with Gasteiger partial charge in [-0.3, -0.25) is 4.90 Å². The predicted octanol–water partition coefficient (Wildman–Crippen LogP) is 3.21. The number of hydrogen-bond acceptors (Lipinski definition) is 3. The maximum atomic E-state index is 14.0. The van der Waals surface area contributed by atoms with E-state index in [4.69, 9.17) is 5.26 Å². The molecule has 0 bridgehead atoms. The van der Waals surface area contributed by atoms with Gasteiger partial charge in [0.1, 0.15) is 5.82 Å². The molecule has 0 aromatic heterocycles. The van der Waals surface area contributed by atoms with Gasteiger partial charge in [0.05, 0.1) is 17.7 Å². The second kappa shape index (κ2) is 6.76. The van der Waals surface area contributed by atoms with Crippen molar-refractivity contribution in [2.24, 2.45) is 5.92 Å². The fraction of sp³-hybridized carbons (Fsp3) is 0.611. The molecule has 0 radical (unpaired) electrons. The summed E-state index contributed by atoms with van der Waals surface area (Å²) in [5.41, 5.74) is 1.10. The molecule has 118 valence electrons. The van der Waals surface area contributed by atoms with Crippen molar-refractivity contribution in [3.05, 3.63) is 35.1 Å². The van der Waals surface area contributed by atoms with E-state index in [2.05, 4.69) is 11.0 Å². The summed E-state index contributed by atoms with van der Waals surface area (Å²) in [6, 6.07) is 6.98. The second-order valence-electron chi connectivity index (χ2n) is 6.61. The smallest absolute Gasteiger partial charge is 0.127 e. The SMILES string of the molecule is N#Cc1ccc(F)c(CN2CCC[C@@H]2[C@@H]2CCCC[C@@H]2O)c1. The highest BCUT2D eigenvalue weighted by molar-refractivity contribution is 5.33. The first-order chi connectivity index (χ1) is 10.7. The molecule has 1 heterocycles. The minimum Gasteiger partial charge on any atom is -0.393 e. The van der Waals surface area contributed by atoms with E-state index < -0.39 is 0 Å². The summed E-state index contributed by atoms with van der Waals surface area (Å²) in [6.45, 7) is 1.49. The highest BCUT2D eigenvalue weighted by atomic mass is 19.1. The van der Waals surface area contributed by atoms with Crippen LogP contribution in [0.5, 0.6) is 0 Å². The van der Waals surface area contributed by atoms with E-state index in [-0.39, 0.29) is 11.9 Å². The molecule has 0 spiro atoms. The lowest BCUT2D eigenvalue weighted by molar-refractivity contribution is 0.0199. The number of benzene rings is 1. The van der Waals surface area contributed by atoms with Gasteiger partial charge in [-0.05, 0) is 50.4 Å². The molecule has 1 saturated carbocycles. The van der Waals surface area contributed by atoms with Crippen LogP contribution in [0.3, 0.4) is 0 Å². The Labute approximate surface area is 131 Å². The molecule has 0 unspecified atom stereocenters. The molecule has 1 aliphatic carbocycles. The number of halogens is 1. The minimum absolute atomic E-state index is 0.213. The van der Waals surface area contributed by atoms with Crippen molar-refractivity contribution < 1.29 is 9.50 Å². The molecule has 1 aromatic rings. The van der Waals surface area contributed by atoms with Crippen molar-refractivity contribution in [2.45, 2.75) is 57.2 Å². The van der Waals surface area contributed by atoms with Gasteiger partial charge in [-0.2, -0.15) is 5.26 Å². The van der Waals surface area contributed by atoms with E-state index in [1.165, 1.54) is 18.6 Å². The Hall–Kier alpha value is -1.44. The van der Waals surface area contributed by atoms with Crippen LogP contribution in [0.2, 0.25) is 0 Å². The molecule has 0 amide bonds. The molecule has 2 aliphatic rings. The van der Waals surface area contributed by atoms with Gasteiger partial charge in [-0.15, -0.1) is 0 Å². The van der Waals surface area contributed by atoms with Crippen molar-refractivity contribution in [3.63, 3.8) is 0 Å². The lowest BCUT2D eigenvalue weighted by Crippen LogP contribution is -2.42. The van der Waals surface area contributed by atoms with Gasteiger partial charge in [0, 0.05) is 24.1 Å². The van der Waals surface area contributed by atoms with Crippen LogP contribution in [0, 0.1) is 23.1 Å². The van der Waals surface area contributed by atoms with Gasteiger partial charge >= 0.3 is 0 Å². The van der Waals surface area contributed by atoms with Crippen molar-refractivity contribution in [1.29, 1.82) is 5.26 Å². The van der Waals surface area contributed by atoms with Crippen LogP contribution < -0.4 is 0 Å². The van der Waals surface area contributed by atoms with Gasteiger partial charge in [0.2, 0.25) is 0 Å². The third-order valence-corrected chi connectivity index (χ3v) is 5.24. The number of aliphatic hydroxyl groups excluding tert-OH is 1. The summed E-state index contributed by atoms with van der Waals surface area (Å²) >= 11 is 0. The first kappa shape index (κ1) is 15.5. The average Bonchev–Trinajstić information content (AvgIpc) is 2.98. The van der Waals surface area contributed by atoms with E-state index in [0.717, 1.165) is 38.6 Å². The summed E-state index contributed by atoms with van der Waals surface area (Å²) in [5.74, 6) is 0.0762. The van der Waals surface area contributed by atoms with Crippen molar-refractivity contribution in [3.8, 4) is 6.07 Å². The van der Waals surface area contributed by atoms with E-state index in [9.17, 15) is 9.50 Å². The molecule has 4 heteroatoms. The van der Waals surface area contributed by atoms with Gasteiger partial charge in [-0.1, -0.05) is 12.8 Å². The zero-order chi connectivity index (χ0) is 15.5. The number of nitriles is 1. The normalized spacial score (nSPS) is 29.4. The molecule has 22 heavy (non-hydrogen) atoms. The van der Waals surface area contributed by atoms with Crippen molar-refractivity contribution >= 4 is 0 Å². The summed E-state index contributed by atoms with van der Waals surface area (Å²) < 4.78 is 14.0. The highest BCUT2D eigenvalue weighted by Crippen LogP contribution is 2.35. The Morgan fingerprint density at radius 2 is 2.05 bits per heavy atom. The average molecular weight is 302 g/mol. The fourth-order valence-electron chi connectivity index (χ4n) is 4.11. The highest BCUT2D eigenvalue weighted by Gasteiger charge is 2.36. The van der Waals surface area contributed by atoms with Crippen LogP contribution in [-0.4, -0.2) is 28.7 Å². The van der Waals surface area contributed by atoms with Crippen LogP contribution in [0.1, 0.15) is 49.7 Å². The Morgan fingerprint density at radius 3 is 2.82 bits per heavy atom. The van der Waals surface area contributed by atoms with Crippen molar-refractivity contribution in [1.82, 2.24) is 4.90 Å². The van der Waals surface area contributed by atoms with Crippen molar-refractivity contribution in [2.75, 3.05) is 6.54 Å². The topological polar surface area (TPSA) is 47.3 Å². The molecular weight excluding hydrogens is 279 g/mol. The van der Waals surface area contributed by atoms with Crippen LogP contribution in [0.15, 0.2) is 18.2 Å². The third kappa shape index (κ3) is 3.16. The number of rotatable bonds is 3. The van der Waals surface area contributed by atoms with E-state index in [0.29, 0.717) is 29.6 Å². The van der Waals surface area contributed by atoms with Gasteiger partial charge in [0.25, 0.3) is 0 Å². The molecule has 3 atom stereocenters. The number of likely N-dealkylation sites (tertiary alicyclic amines) is 1. The lowest BCUT2D eigenvalue weighted by Gasteiger charge is -2.37. The van der Waals surface area contributed by atoms with Gasteiger partial charge < -0.3 is 5.11 Å². The van der Waals surface area contributed by atoms with Crippen LogP contribution in [0.25, 0.3) is 0 Å². The van der Waals surface area contributed by atoms with Crippen LogP contribution >= 0.6 is 0 Å². The van der Waals surface area contributed by atoms with E-state index >= 15 is 0 Å². The number of hydrogen-bond donors (Lipinski definition) is 1. The molecule has 2 fully saturated rings. The summed E-state index contributed by atoms with van der Waals surface area (Å²) in [6.07, 6.45) is 6.24. The van der Waals surface area contributed by atoms with Crippen LogP contribution in [-0.2, 0) is 6.54 Å². The zero-order valence-corrected chi connectivity index (χ0v) is 12.8. The van der Waals surface area contributed by atoms with E-state index in [1.54, 1.807) is 6.07 Å². The quantitative estimate of drug-likeness (QED) is 0.932. The number of nitrogens with zero attached hydrogens (tertiary/aromatic N) is 2.